The summed E-state index contributed by atoms with van der Waals surface area (Å²) in [6, 6.07) is 7.45. The van der Waals surface area contributed by atoms with E-state index in [1.54, 1.807) is 12.0 Å². The Balaban J connectivity index is 2.79. The monoisotopic (exact) mass is 285 g/mol. The number of nitrogens with zero attached hydrogens (tertiary/aromatic N) is 1. The van der Waals surface area contributed by atoms with Crippen LogP contribution in [0, 0.1) is 0 Å². The van der Waals surface area contributed by atoms with Gasteiger partial charge in [0.05, 0.1) is 12.2 Å². The Kier molecular flexibility index (Phi) is 5.49. The van der Waals surface area contributed by atoms with E-state index in [4.69, 9.17) is 4.74 Å². The summed E-state index contributed by atoms with van der Waals surface area (Å²) in [5, 5.41) is 0. The van der Waals surface area contributed by atoms with Crippen LogP contribution >= 0.6 is 15.9 Å². The van der Waals surface area contributed by atoms with E-state index < -0.39 is 0 Å². The van der Waals surface area contributed by atoms with Crippen LogP contribution in [0.25, 0.3) is 0 Å². The van der Waals surface area contributed by atoms with E-state index in [9.17, 15) is 4.79 Å². The van der Waals surface area contributed by atoms with Crippen LogP contribution in [0.15, 0.2) is 28.7 Å². The summed E-state index contributed by atoms with van der Waals surface area (Å²) >= 11 is 3.38. The van der Waals surface area contributed by atoms with E-state index in [0.717, 1.165) is 4.47 Å². The molecule has 1 aromatic rings. The molecule has 1 aromatic carbocycles. The SMILES string of the molecule is CCN(CCOC)C(=O)c1ccccc1Br. The minimum atomic E-state index is 0.0343. The highest BCUT2D eigenvalue weighted by Crippen LogP contribution is 2.17. The molecule has 0 N–H and O–H groups in total. The van der Waals surface area contributed by atoms with E-state index in [1.165, 1.54) is 0 Å². The number of methoxy groups -OCH3 is 1. The first kappa shape index (κ1) is 13.2. The van der Waals surface area contributed by atoms with E-state index in [-0.39, 0.29) is 5.91 Å². The van der Waals surface area contributed by atoms with Crippen molar-refractivity contribution >= 4 is 21.8 Å². The smallest absolute Gasteiger partial charge is 0.255 e. The van der Waals surface area contributed by atoms with Gasteiger partial charge in [-0.25, -0.2) is 0 Å². The fraction of sp³-hybridized carbons (Fsp3) is 0.417. The molecule has 0 heterocycles. The quantitative estimate of drug-likeness (QED) is 0.832. The maximum absolute atomic E-state index is 12.1. The third kappa shape index (κ3) is 3.32. The Morgan fingerprint density at radius 3 is 2.69 bits per heavy atom. The second-order valence-corrected chi connectivity index (χ2v) is 4.21. The van der Waals surface area contributed by atoms with Gasteiger partial charge in [0.2, 0.25) is 0 Å². The van der Waals surface area contributed by atoms with E-state index >= 15 is 0 Å². The number of hydrogen-bond acceptors (Lipinski definition) is 2. The van der Waals surface area contributed by atoms with Crippen molar-refractivity contribution in [2.45, 2.75) is 6.92 Å². The topological polar surface area (TPSA) is 29.5 Å². The Hall–Kier alpha value is -0.870. The molecule has 0 spiro atoms. The molecule has 0 aliphatic rings. The molecule has 16 heavy (non-hydrogen) atoms. The predicted octanol–water partition coefficient (Wildman–Crippen LogP) is 2.56. The van der Waals surface area contributed by atoms with Gasteiger partial charge in [0.25, 0.3) is 5.91 Å². The number of carbonyl (C=O) groups excluding carboxylic acids is 1. The molecule has 0 aliphatic carbocycles. The lowest BCUT2D eigenvalue weighted by molar-refractivity contribution is 0.0705. The second kappa shape index (κ2) is 6.66. The van der Waals surface area contributed by atoms with Gasteiger partial charge in [-0.05, 0) is 35.0 Å². The van der Waals surface area contributed by atoms with Gasteiger partial charge in [-0.1, -0.05) is 12.1 Å². The second-order valence-electron chi connectivity index (χ2n) is 3.36. The number of carbonyl (C=O) groups is 1. The van der Waals surface area contributed by atoms with Crippen molar-refractivity contribution in [3.8, 4) is 0 Å². The lowest BCUT2D eigenvalue weighted by Gasteiger charge is -2.20. The van der Waals surface area contributed by atoms with Crippen LogP contribution < -0.4 is 0 Å². The molecule has 0 fully saturated rings. The molecule has 0 unspecified atom stereocenters. The van der Waals surface area contributed by atoms with Crippen LogP contribution in [-0.4, -0.2) is 37.6 Å². The third-order valence-electron chi connectivity index (χ3n) is 2.34. The van der Waals surface area contributed by atoms with E-state index in [0.29, 0.717) is 25.3 Å². The number of amides is 1. The fourth-order valence-electron chi connectivity index (χ4n) is 1.41. The van der Waals surface area contributed by atoms with Gasteiger partial charge in [0, 0.05) is 24.7 Å². The van der Waals surface area contributed by atoms with Gasteiger partial charge >= 0.3 is 0 Å². The molecule has 0 aliphatic heterocycles. The van der Waals surface area contributed by atoms with Crippen molar-refractivity contribution in [1.82, 2.24) is 4.90 Å². The molecule has 0 saturated carbocycles. The van der Waals surface area contributed by atoms with Crippen LogP contribution in [0.5, 0.6) is 0 Å². The number of halogens is 1. The Labute approximate surface area is 105 Å². The van der Waals surface area contributed by atoms with Crippen LogP contribution in [0.1, 0.15) is 17.3 Å². The molecule has 4 heteroatoms. The summed E-state index contributed by atoms with van der Waals surface area (Å²) in [5.41, 5.74) is 0.695. The van der Waals surface area contributed by atoms with Crippen molar-refractivity contribution in [3.05, 3.63) is 34.3 Å². The lowest BCUT2D eigenvalue weighted by atomic mass is 10.2. The van der Waals surface area contributed by atoms with Gasteiger partial charge < -0.3 is 9.64 Å². The van der Waals surface area contributed by atoms with Crippen molar-refractivity contribution in [2.75, 3.05) is 26.8 Å². The maximum Gasteiger partial charge on any atom is 0.255 e. The van der Waals surface area contributed by atoms with Crippen LogP contribution in [0.4, 0.5) is 0 Å². The molecular formula is C12H16BrNO2. The van der Waals surface area contributed by atoms with Crippen molar-refractivity contribution in [2.24, 2.45) is 0 Å². The molecule has 1 rings (SSSR count). The van der Waals surface area contributed by atoms with Gasteiger partial charge in [-0.3, -0.25) is 4.79 Å². The summed E-state index contributed by atoms with van der Waals surface area (Å²) in [6.45, 7) is 3.82. The van der Waals surface area contributed by atoms with E-state index in [2.05, 4.69) is 15.9 Å². The van der Waals surface area contributed by atoms with Crippen LogP contribution in [-0.2, 0) is 4.74 Å². The number of benzene rings is 1. The van der Waals surface area contributed by atoms with Gasteiger partial charge in [-0.2, -0.15) is 0 Å². The molecule has 0 atom stereocenters. The van der Waals surface area contributed by atoms with Crippen molar-refractivity contribution in [1.29, 1.82) is 0 Å². The Bertz CT molecular complexity index is 355. The van der Waals surface area contributed by atoms with Gasteiger partial charge in [-0.15, -0.1) is 0 Å². The van der Waals surface area contributed by atoms with Crippen molar-refractivity contribution in [3.63, 3.8) is 0 Å². The summed E-state index contributed by atoms with van der Waals surface area (Å²) < 4.78 is 5.81. The largest absolute Gasteiger partial charge is 0.383 e. The molecule has 3 nitrogen and oxygen atoms in total. The maximum atomic E-state index is 12.1. The number of hydrogen-bond donors (Lipinski definition) is 0. The molecule has 1 amide bonds. The highest BCUT2D eigenvalue weighted by atomic mass is 79.9. The predicted molar refractivity (Wildman–Crippen MR) is 67.6 cm³/mol. The molecular weight excluding hydrogens is 270 g/mol. The fourth-order valence-corrected chi connectivity index (χ4v) is 1.86. The van der Waals surface area contributed by atoms with Crippen molar-refractivity contribution < 1.29 is 9.53 Å². The summed E-state index contributed by atoms with van der Waals surface area (Å²) in [5.74, 6) is 0.0343. The number of likely N-dealkylation sites (N-methyl/N-ethyl adjacent to an activating group) is 1. The molecule has 88 valence electrons. The molecule has 0 bridgehead atoms. The lowest BCUT2D eigenvalue weighted by Crippen LogP contribution is -2.33. The average molecular weight is 286 g/mol. The third-order valence-corrected chi connectivity index (χ3v) is 3.03. The first-order valence-electron chi connectivity index (χ1n) is 5.23. The van der Waals surface area contributed by atoms with Gasteiger partial charge in [0.15, 0.2) is 0 Å². The molecule has 0 radical (unpaired) electrons. The minimum absolute atomic E-state index is 0.0343. The summed E-state index contributed by atoms with van der Waals surface area (Å²) in [6.07, 6.45) is 0. The molecule has 0 aromatic heterocycles. The normalized spacial score (nSPS) is 10.2. The van der Waals surface area contributed by atoms with E-state index in [1.807, 2.05) is 31.2 Å². The zero-order chi connectivity index (χ0) is 12.0. The first-order chi connectivity index (χ1) is 7.70. The van der Waals surface area contributed by atoms with Crippen LogP contribution in [0.2, 0.25) is 0 Å². The average Bonchev–Trinajstić information content (AvgIpc) is 2.30. The zero-order valence-corrected chi connectivity index (χ0v) is 11.2. The summed E-state index contributed by atoms with van der Waals surface area (Å²) in [7, 11) is 1.64. The molecule has 0 saturated heterocycles. The van der Waals surface area contributed by atoms with Crippen LogP contribution in [0.3, 0.4) is 0 Å². The Morgan fingerprint density at radius 1 is 1.44 bits per heavy atom. The standard InChI is InChI=1S/C12H16BrNO2/c1-3-14(8-9-16-2)12(15)10-6-4-5-7-11(10)13/h4-7H,3,8-9H2,1-2H3. The number of rotatable bonds is 5. The first-order valence-corrected chi connectivity index (χ1v) is 6.02. The highest BCUT2D eigenvalue weighted by Gasteiger charge is 2.15. The zero-order valence-electron chi connectivity index (χ0n) is 9.57. The number of ether oxygens (including phenoxy) is 1. The Morgan fingerprint density at radius 2 is 2.12 bits per heavy atom. The highest BCUT2D eigenvalue weighted by molar-refractivity contribution is 9.10. The minimum Gasteiger partial charge on any atom is -0.383 e. The van der Waals surface area contributed by atoms with Gasteiger partial charge in [0.1, 0.15) is 0 Å². The summed E-state index contributed by atoms with van der Waals surface area (Å²) in [4.78, 5) is 13.9.